The highest BCUT2D eigenvalue weighted by molar-refractivity contribution is 7.92. The molecule has 2 heterocycles. The number of guanidine groups is 1. The van der Waals surface area contributed by atoms with Crippen molar-refractivity contribution in [3.05, 3.63) is 0 Å². The van der Waals surface area contributed by atoms with Crippen LogP contribution in [0.5, 0.6) is 0 Å². The molecular weight excluding hydrogens is 312 g/mol. The Morgan fingerprint density at radius 2 is 2.09 bits per heavy atom. The second-order valence-corrected chi connectivity index (χ2v) is 10.1. The van der Waals surface area contributed by atoms with Crippen LogP contribution in [0.25, 0.3) is 0 Å². The number of nitrogens with zero attached hydrogens (tertiary/aromatic N) is 3. The summed E-state index contributed by atoms with van der Waals surface area (Å²) in [6.45, 7) is 11.2. The first-order chi connectivity index (χ1) is 10.8. The Hall–Kier alpha value is -0.820. The van der Waals surface area contributed by atoms with Gasteiger partial charge >= 0.3 is 0 Å². The molecule has 0 spiro atoms. The van der Waals surface area contributed by atoms with Crippen LogP contribution in [0, 0.1) is 5.92 Å². The van der Waals surface area contributed by atoms with Gasteiger partial charge in [0.15, 0.2) is 15.8 Å². The van der Waals surface area contributed by atoms with Crippen molar-refractivity contribution in [2.24, 2.45) is 10.9 Å². The second-order valence-electron chi connectivity index (χ2n) is 7.33. The highest BCUT2D eigenvalue weighted by Crippen LogP contribution is 2.24. The number of sulfone groups is 1. The van der Waals surface area contributed by atoms with Crippen LogP contribution in [0.2, 0.25) is 0 Å². The van der Waals surface area contributed by atoms with Gasteiger partial charge in [-0.15, -0.1) is 0 Å². The van der Waals surface area contributed by atoms with Gasteiger partial charge in [-0.05, 0) is 45.7 Å². The third kappa shape index (κ3) is 4.38. The van der Waals surface area contributed by atoms with Gasteiger partial charge in [0, 0.05) is 33.2 Å². The molecule has 2 aliphatic rings. The van der Waals surface area contributed by atoms with Crippen molar-refractivity contribution < 1.29 is 8.42 Å². The van der Waals surface area contributed by atoms with Gasteiger partial charge in [-0.3, -0.25) is 4.99 Å². The summed E-state index contributed by atoms with van der Waals surface area (Å²) in [5, 5.41) is 3.47. The summed E-state index contributed by atoms with van der Waals surface area (Å²) < 4.78 is 23.6. The number of aliphatic imine (C=N–C) groups is 1. The van der Waals surface area contributed by atoms with Gasteiger partial charge in [-0.2, -0.15) is 0 Å². The number of rotatable bonds is 3. The predicted molar refractivity (Wildman–Crippen MR) is 95.6 cm³/mol. The standard InChI is InChI=1S/C16H32N4O2S/c1-5-19-8-6-7-14(12-19)11-18-15(17-4)20-9-10-23(21,22)16(2,3)13-20/h14H,5-13H2,1-4H3,(H,17,18). The van der Waals surface area contributed by atoms with Crippen molar-refractivity contribution in [2.75, 3.05) is 52.1 Å². The van der Waals surface area contributed by atoms with E-state index in [1.165, 1.54) is 19.4 Å². The summed E-state index contributed by atoms with van der Waals surface area (Å²) in [5.41, 5.74) is 0. The third-order valence-electron chi connectivity index (χ3n) is 5.15. The van der Waals surface area contributed by atoms with Crippen molar-refractivity contribution in [1.29, 1.82) is 0 Å². The van der Waals surface area contributed by atoms with E-state index in [1.54, 1.807) is 7.05 Å². The number of piperidine rings is 1. The molecule has 1 atom stereocenters. The lowest BCUT2D eigenvalue weighted by Crippen LogP contribution is -2.57. The van der Waals surface area contributed by atoms with Crippen LogP contribution >= 0.6 is 0 Å². The maximum atomic E-state index is 12.1. The summed E-state index contributed by atoms with van der Waals surface area (Å²) in [7, 11) is -1.24. The Bertz CT molecular complexity index is 530. The minimum atomic E-state index is -3.01. The minimum Gasteiger partial charge on any atom is -0.356 e. The van der Waals surface area contributed by atoms with E-state index in [9.17, 15) is 8.42 Å². The molecule has 0 saturated carbocycles. The molecule has 6 nitrogen and oxygen atoms in total. The molecule has 23 heavy (non-hydrogen) atoms. The molecule has 0 amide bonds. The van der Waals surface area contributed by atoms with Crippen LogP contribution in [0.15, 0.2) is 4.99 Å². The second kappa shape index (κ2) is 7.38. The lowest BCUT2D eigenvalue weighted by molar-refractivity contribution is 0.182. The molecular formula is C16H32N4O2S. The average Bonchev–Trinajstić information content (AvgIpc) is 2.51. The van der Waals surface area contributed by atoms with Gasteiger partial charge in [0.25, 0.3) is 0 Å². The van der Waals surface area contributed by atoms with Gasteiger partial charge in [0.05, 0.1) is 10.5 Å². The van der Waals surface area contributed by atoms with Gasteiger partial charge < -0.3 is 15.1 Å². The summed E-state index contributed by atoms with van der Waals surface area (Å²) in [6, 6.07) is 0. The molecule has 2 saturated heterocycles. The third-order valence-corrected chi connectivity index (χ3v) is 7.69. The zero-order valence-electron chi connectivity index (χ0n) is 15.0. The molecule has 134 valence electrons. The van der Waals surface area contributed by atoms with Crippen LogP contribution in [0.3, 0.4) is 0 Å². The largest absolute Gasteiger partial charge is 0.356 e. The fourth-order valence-electron chi connectivity index (χ4n) is 3.50. The van der Waals surface area contributed by atoms with Crippen molar-refractivity contribution in [1.82, 2.24) is 15.1 Å². The topological polar surface area (TPSA) is 65.0 Å². The Kier molecular flexibility index (Phi) is 5.94. The molecule has 0 aromatic rings. The highest BCUT2D eigenvalue weighted by atomic mass is 32.2. The van der Waals surface area contributed by atoms with Gasteiger partial charge in [-0.1, -0.05) is 6.92 Å². The van der Waals surface area contributed by atoms with Crippen molar-refractivity contribution in [2.45, 2.75) is 38.4 Å². The smallest absolute Gasteiger partial charge is 0.193 e. The zero-order valence-corrected chi connectivity index (χ0v) is 15.8. The number of hydrogen-bond acceptors (Lipinski definition) is 4. The molecule has 2 aliphatic heterocycles. The maximum absolute atomic E-state index is 12.1. The average molecular weight is 345 g/mol. The number of likely N-dealkylation sites (tertiary alicyclic amines) is 1. The molecule has 0 aliphatic carbocycles. The van der Waals surface area contributed by atoms with E-state index < -0.39 is 14.6 Å². The Morgan fingerprint density at radius 1 is 1.35 bits per heavy atom. The van der Waals surface area contributed by atoms with E-state index in [4.69, 9.17) is 0 Å². The summed E-state index contributed by atoms with van der Waals surface area (Å²) in [5.74, 6) is 1.68. The SMILES string of the molecule is CCN1CCCC(CNC(=NC)N2CCS(=O)(=O)C(C)(C)C2)C1. The maximum Gasteiger partial charge on any atom is 0.193 e. The monoisotopic (exact) mass is 344 g/mol. The van der Waals surface area contributed by atoms with E-state index >= 15 is 0 Å². The first-order valence-electron chi connectivity index (χ1n) is 8.69. The van der Waals surface area contributed by atoms with E-state index in [0.29, 0.717) is 19.0 Å². The fraction of sp³-hybridized carbons (Fsp3) is 0.938. The van der Waals surface area contributed by atoms with Crippen molar-refractivity contribution >= 4 is 15.8 Å². The normalized spacial score (nSPS) is 28.6. The van der Waals surface area contributed by atoms with Crippen LogP contribution < -0.4 is 5.32 Å². The molecule has 2 rings (SSSR count). The van der Waals surface area contributed by atoms with E-state index in [-0.39, 0.29) is 5.75 Å². The lowest BCUT2D eigenvalue weighted by atomic mass is 9.98. The first-order valence-corrected chi connectivity index (χ1v) is 10.3. The molecule has 0 aromatic heterocycles. The molecule has 1 N–H and O–H groups in total. The van der Waals surface area contributed by atoms with Crippen molar-refractivity contribution in [3.8, 4) is 0 Å². The Morgan fingerprint density at radius 3 is 2.70 bits per heavy atom. The Balaban J connectivity index is 1.91. The quantitative estimate of drug-likeness (QED) is 0.606. The minimum absolute atomic E-state index is 0.202. The van der Waals surface area contributed by atoms with Crippen LogP contribution in [0.4, 0.5) is 0 Å². The zero-order chi connectivity index (χ0) is 17.1. The van der Waals surface area contributed by atoms with Crippen LogP contribution in [-0.2, 0) is 9.84 Å². The summed E-state index contributed by atoms with van der Waals surface area (Å²) in [6.07, 6.45) is 2.51. The van der Waals surface area contributed by atoms with Crippen molar-refractivity contribution in [3.63, 3.8) is 0 Å². The number of nitrogens with one attached hydrogen (secondary N) is 1. The lowest BCUT2D eigenvalue weighted by Gasteiger charge is -2.40. The van der Waals surface area contributed by atoms with E-state index in [0.717, 1.165) is 25.6 Å². The molecule has 1 unspecified atom stereocenters. The van der Waals surface area contributed by atoms with Gasteiger partial charge in [-0.25, -0.2) is 8.42 Å². The summed E-state index contributed by atoms with van der Waals surface area (Å²) in [4.78, 5) is 8.95. The van der Waals surface area contributed by atoms with Crippen LogP contribution in [-0.4, -0.2) is 81.0 Å². The first kappa shape index (κ1) is 18.5. The highest BCUT2D eigenvalue weighted by Gasteiger charge is 2.41. The molecule has 7 heteroatoms. The number of hydrogen-bond donors (Lipinski definition) is 1. The molecule has 0 bridgehead atoms. The predicted octanol–water partition coefficient (Wildman–Crippen LogP) is 0.803. The van der Waals surface area contributed by atoms with E-state index in [2.05, 4.69) is 27.0 Å². The fourth-order valence-corrected chi connectivity index (χ4v) is 4.86. The summed E-state index contributed by atoms with van der Waals surface area (Å²) >= 11 is 0. The van der Waals surface area contributed by atoms with Gasteiger partial charge in [0.2, 0.25) is 0 Å². The molecule has 0 radical (unpaired) electrons. The van der Waals surface area contributed by atoms with Gasteiger partial charge in [0.1, 0.15) is 0 Å². The Labute approximate surface area is 141 Å². The molecule has 0 aromatic carbocycles. The van der Waals surface area contributed by atoms with E-state index in [1.807, 2.05) is 13.8 Å². The molecule has 2 fully saturated rings. The van der Waals surface area contributed by atoms with Crippen LogP contribution in [0.1, 0.15) is 33.6 Å².